The molecule has 0 atom stereocenters. The second-order valence-electron chi connectivity index (χ2n) is 5.17. The van der Waals surface area contributed by atoms with E-state index >= 15 is 0 Å². The third kappa shape index (κ3) is 3.20. The average molecular weight is 393 g/mol. The highest BCUT2D eigenvalue weighted by atomic mass is 35.5. The molecule has 0 bridgehead atoms. The number of nitrogens with zero attached hydrogens (tertiary/aromatic N) is 3. The van der Waals surface area contributed by atoms with Crippen molar-refractivity contribution in [3.63, 3.8) is 0 Å². The molecule has 126 valence electrons. The number of rotatable bonds is 4. The topological polar surface area (TPSA) is 59.3 Å². The number of fused-ring (bicyclic) bond motifs is 3. The maximum absolute atomic E-state index is 13.1. The summed E-state index contributed by atoms with van der Waals surface area (Å²) in [6.45, 7) is 0. The Bertz CT molecular complexity index is 1090. The molecule has 3 heterocycles. The predicted octanol–water partition coefficient (Wildman–Crippen LogP) is 4.47. The highest BCUT2D eigenvalue weighted by molar-refractivity contribution is 8.00. The molecule has 4 rings (SSSR count). The van der Waals surface area contributed by atoms with Crippen molar-refractivity contribution in [2.45, 2.75) is 5.03 Å². The Balaban J connectivity index is 1.50. The number of thioether (sulfide) groups is 1. The van der Waals surface area contributed by atoms with E-state index in [1.165, 1.54) is 30.0 Å². The van der Waals surface area contributed by atoms with Crippen molar-refractivity contribution in [2.75, 3.05) is 11.1 Å². The number of thiophene rings is 1. The second-order valence-corrected chi connectivity index (χ2v) is 7.49. The molecule has 3 aromatic heterocycles. The van der Waals surface area contributed by atoms with Gasteiger partial charge < -0.3 is 5.32 Å². The molecular weight excluding hydrogens is 383 g/mol. The molecule has 0 saturated carbocycles. The number of benzene rings is 1. The first-order valence-electron chi connectivity index (χ1n) is 7.19. The van der Waals surface area contributed by atoms with E-state index in [9.17, 15) is 9.18 Å². The van der Waals surface area contributed by atoms with E-state index in [2.05, 4.69) is 15.5 Å². The number of halogens is 2. The number of hydrogen-bond donors (Lipinski definition) is 1. The van der Waals surface area contributed by atoms with E-state index in [4.69, 9.17) is 11.6 Å². The lowest BCUT2D eigenvalue weighted by atomic mass is 10.3. The summed E-state index contributed by atoms with van der Waals surface area (Å²) in [6, 6.07) is 8.11. The van der Waals surface area contributed by atoms with Crippen LogP contribution in [0.5, 0.6) is 0 Å². The van der Waals surface area contributed by atoms with Crippen LogP contribution in [-0.2, 0) is 4.79 Å². The van der Waals surface area contributed by atoms with Crippen molar-refractivity contribution in [1.82, 2.24) is 14.6 Å². The Hall–Kier alpha value is -2.16. The van der Waals surface area contributed by atoms with Crippen molar-refractivity contribution in [2.24, 2.45) is 0 Å². The number of carbonyl (C=O) groups is 1. The van der Waals surface area contributed by atoms with Crippen molar-refractivity contribution in [1.29, 1.82) is 0 Å². The molecule has 9 heteroatoms. The first-order valence-corrected chi connectivity index (χ1v) is 9.44. The summed E-state index contributed by atoms with van der Waals surface area (Å²) in [6.07, 6.45) is 1.66. The molecule has 1 amide bonds. The lowest BCUT2D eigenvalue weighted by Crippen LogP contribution is -2.14. The zero-order chi connectivity index (χ0) is 17.4. The molecule has 0 spiro atoms. The van der Waals surface area contributed by atoms with E-state index in [0.29, 0.717) is 10.7 Å². The number of amides is 1. The van der Waals surface area contributed by atoms with Crippen molar-refractivity contribution >= 4 is 62.0 Å². The predicted molar refractivity (Wildman–Crippen MR) is 99.1 cm³/mol. The summed E-state index contributed by atoms with van der Waals surface area (Å²) in [7, 11) is 0. The van der Waals surface area contributed by atoms with Crippen LogP contribution in [0, 0.1) is 5.82 Å². The number of hydrogen-bond acceptors (Lipinski definition) is 5. The van der Waals surface area contributed by atoms with Gasteiger partial charge in [0.2, 0.25) is 5.91 Å². The van der Waals surface area contributed by atoms with Crippen LogP contribution >= 0.6 is 34.7 Å². The van der Waals surface area contributed by atoms with Crippen LogP contribution < -0.4 is 5.32 Å². The zero-order valence-electron chi connectivity index (χ0n) is 12.6. The van der Waals surface area contributed by atoms with E-state index in [-0.39, 0.29) is 16.7 Å². The summed E-state index contributed by atoms with van der Waals surface area (Å²) < 4.78 is 16.2. The smallest absolute Gasteiger partial charge is 0.234 e. The number of aromatic nitrogens is 3. The molecule has 25 heavy (non-hydrogen) atoms. The Kier molecular flexibility index (Phi) is 4.32. The van der Waals surface area contributed by atoms with Gasteiger partial charge in [-0.05, 0) is 35.7 Å². The van der Waals surface area contributed by atoms with Crippen molar-refractivity contribution in [3.8, 4) is 0 Å². The third-order valence-corrected chi connectivity index (χ3v) is 5.65. The molecule has 1 aromatic carbocycles. The quantitative estimate of drug-likeness (QED) is 0.521. The molecule has 1 N–H and O–H groups in total. The van der Waals surface area contributed by atoms with Crippen molar-refractivity contribution in [3.05, 3.63) is 52.9 Å². The minimum atomic E-state index is -0.524. The maximum Gasteiger partial charge on any atom is 0.234 e. The fraction of sp³-hybridized carbons (Fsp3) is 0.0625. The molecule has 0 unspecified atom stereocenters. The van der Waals surface area contributed by atoms with E-state index in [0.717, 1.165) is 15.7 Å². The zero-order valence-corrected chi connectivity index (χ0v) is 15.0. The summed E-state index contributed by atoms with van der Waals surface area (Å²) >= 11 is 8.65. The van der Waals surface area contributed by atoms with Gasteiger partial charge >= 0.3 is 0 Å². The van der Waals surface area contributed by atoms with Gasteiger partial charge in [0.1, 0.15) is 17.2 Å². The summed E-state index contributed by atoms with van der Waals surface area (Å²) in [5, 5.41) is 13.5. The fourth-order valence-corrected chi connectivity index (χ4v) is 4.16. The molecule has 4 aromatic rings. The summed E-state index contributed by atoms with van der Waals surface area (Å²) in [4.78, 5) is 12.1. The van der Waals surface area contributed by atoms with Crippen LogP contribution in [0.3, 0.4) is 0 Å². The minimum absolute atomic E-state index is 0.0330. The molecule has 5 nitrogen and oxygen atoms in total. The highest BCUT2D eigenvalue weighted by Crippen LogP contribution is 2.29. The fourth-order valence-electron chi connectivity index (χ4n) is 2.42. The molecule has 0 aliphatic heterocycles. The molecule has 0 aliphatic carbocycles. The molecular formula is C16H10ClFN4OS2. The normalized spacial score (nSPS) is 11.3. The number of carbonyl (C=O) groups excluding carboxylic acids is 1. The molecule has 0 radical (unpaired) electrons. The maximum atomic E-state index is 13.1. The average Bonchev–Trinajstić information content (AvgIpc) is 3.18. The van der Waals surface area contributed by atoms with Crippen LogP contribution in [0.25, 0.3) is 15.7 Å². The number of nitrogens with one attached hydrogen (secondary N) is 1. The van der Waals surface area contributed by atoms with Gasteiger partial charge in [-0.2, -0.15) is 0 Å². The Morgan fingerprint density at radius 3 is 3.04 bits per heavy atom. The third-order valence-electron chi connectivity index (χ3n) is 3.54. The van der Waals surface area contributed by atoms with E-state index in [1.807, 2.05) is 21.9 Å². The van der Waals surface area contributed by atoms with Gasteiger partial charge in [0.15, 0.2) is 0 Å². The Morgan fingerprint density at radius 2 is 2.20 bits per heavy atom. The second kappa shape index (κ2) is 6.62. The van der Waals surface area contributed by atoms with Crippen LogP contribution in [0.4, 0.5) is 10.1 Å². The lowest BCUT2D eigenvalue weighted by Gasteiger charge is -2.06. The monoisotopic (exact) mass is 392 g/mol. The van der Waals surface area contributed by atoms with Crippen LogP contribution in [0.1, 0.15) is 0 Å². The standard InChI is InChI=1S/C16H10ClFN4OS2/c17-10-5-9(1-2-11(10)18)20-15(23)7-25-16-13-6-14-12(3-4-24-14)22(13)8-19-21-16/h1-6,8H,7H2,(H,20,23). The van der Waals surface area contributed by atoms with Gasteiger partial charge in [0.05, 0.1) is 26.5 Å². The number of anilines is 1. The highest BCUT2D eigenvalue weighted by Gasteiger charge is 2.12. The summed E-state index contributed by atoms with van der Waals surface area (Å²) in [5.41, 5.74) is 2.44. The molecule has 0 fully saturated rings. The van der Waals surface area contributed by atoms with Crippen LogP contribution in [0.15, 0.2) is 47.1 Å². The summed E-state index contributed by atoms with van der Waals surface area (Å²) in [5.74, 6) is -0.601. The van der Waals surface area contributed by atoms with Gasteiger partial charge in [-0.1, -0.05) is 23.4 Å². The van der Waals surface area contributed by atoms with E-state index < -0.39 is 5.82 Å². The van der Waals surface area contributed by atoms with Gasteiger partial charge in [0.25, 0.3) is 0 Å². The Labute approximate surface area is 154 Å². The SMILES string of the molecule is O=C(CSc1nncn2c1cc1sccc12)Nc1ccc(F)c(Cl)c1. The van der Waals surface area contributed by atoms with Gasteiger partial charge in [0, 0.05) is 5.69 Å². The van der Waals surface area contributed by atoms with E-state index in [1.54, 1.807) is 17.7 Å². The molecule has 0 saturated heterocycles. The first kappa shape index (κ1) is 16.3. The minimum Gasteiger partial charge on any atom is -0.325 e. The van der Waals surface area contributed by atoms with Crippen LogP contribution in [0.2, 0.25) is 5.02 Å². The van der Waals surface area contributed by atoms with Crippen LogP contribution in [-0.4, -0.2) is 26.3 Å². The van der Waals surface area contributed by atoms with Gasteiger partial charge in [-0.3, -0.25) is 9.20 Å². The van der Waals surface area contributed by atoms with Crippen molar-refractivity contribution < 1.29 is 9.18 Å². The van der Waals surface area contributed by atoms with Gasteiger partial charge in [-0.25, -0.2) is 4.39 Å². The molecule has 0 aliphatic rings. The lowest BCUT2D eigenvalue weighted by molar-refractivity contribution is -0.113. The first-order chi connectivity index (χ1) is 12.1. The largest absolute Gasteiger partial charge is 0.325 e. The Morgan fingerprint density at radius 1 is 1.32 bits per heavy atom. The van der Waals surface area contributed by atoms with Gasteiger partial charge in [-0.15, -0.1) is 21.5 Å².